The van der Waals surface area contributed by atoms with Crippen LogP contribution in [0, 0.1) is 0 Å². The summed E-state index contributed by atoms with van der Waals surface area (Å²) in [7, 11) is 0. The zero-order valence-electron chi connectivity index (χ0n) is 19.4. The Hall–Kier alpha value is -3.67. The largest absolute Gasteiger partial charge is 0.463 e. The summed E-state index contributed by atoms with van der Waals surface area (Å²) in [5, 5.41) is 2.60. The lowest BCUT2D eigenvalue weighted by Gasteiger charge is -2.44. The molecule has 1 saturated heterocycles. The lowest BCUT2D eigenvalue weighted by atomic mass is 9.98. The predicted molar refractivity (Wildman–Crippen MR) is 113 cm³/mol. The highest BCUT2D eigenvalue weighted by Gasteiger charge is 2.53. The summed E-state index contributed by atoms with van der Waals surface area (Å²) in [5.41, 5.74) is 0.294. The van der Waals surface area contributed by atoms with Crippen molar-refractivity contribution in [2.45, 2.75) is 65.3 Å². The number of ether oxygens (including phenoxy) is 6. The molecule has 0 radical (unpaired) electrons. The summed E-state index contributed by atoms with van der Waals surface area (Å²) >= 11 is 0. The third-order valence-corrected chi connectivity index (χ3v) is 4.39. The van der Waals surface area contributed by atoms with Gasteiger partial charge >= 0.3 is 23.9 Å². The number of carbonyl (C=O) groups excluding carboxylic acids is 5. The second kappa shape index (κ2) is 12.0. The van der Waals surface area contributed by atoms with Crippen molar-refractivity contribution >= 4 is 35.5 Å². The average Bonchev–Trinajstić information content (AvgIpc) is 2.71. The van der Waals surface area contributed by atoms with E-state index in [0.717, 1.165) is 20.8 Å². The fourth-order valence-corrected chi connectivity index (χ4v) is 3.27. The summed E-state index contributed by atoms with van der Waals surface area (Å²) in [6.45, 7) is 5.47. The van der Waals surface area contributed by atoms with Gasteiger partial charge in [-0.1, -0.05) is 12.1 Å². The van der Waals surface area contributed by atoms with E-state index in [0.29, 0.717) is 5.69 Å². The molecule has 0 spiro atoms. The van der Waals surface area contributed by atoms with Crippen molar-refractivity contribution < 1.29 is 52.4 Å². The molecule has 12 heteroatoms. The van der Waals surface area contributed by atoms with E-state index in [1.54, 1.807) is 18.2 Å². The predicted octanol–water partition coefficient (Wildman–Crippen LogP) is 1.11. The first-order chi connectivity index (χ1) is 16.0. The summed E-state index contributed by atoms with van der Waals surface area (Å²) < 4.78 is 32.8. The van der Waals surface area contributed by atoms with Crippen LogP contribution in [-0.4, -0.2) is 67.1 Å². The van der Waals surface area contributed by atoms with Gasteiger partial charge in [0.05, 0.1) is 5.69 Å². The number of nitrogens with one attached hydrogen (secondary N) is 1. The quantitative estimate of drug-likeness (QED) is 0.419. The van der Waals surface area contributed by atoms with Crippen molar-refractivity contribution in [3.63, 3.8) is 0 Å². The summed E-state index contributed by atoms with van der Waals surface area (Å²) in [6, 6.07) is 6.39. The fraction of sp³-hybridized carbons (Fsp3) is 0.500. The second-order valence-electron chi connectivity index (χ2n) is 7.36. The lowest BCUT2D eigenvalue weighted by Crippen LogP contribution is -2.63. The van der Waals surface area contributed by atoms with Gasteiger partial charge in [0.25, 0.3) is 0 Å². The summed E-state index contributed by atoms with van der Waals surface area (Å²) in [4.78, 5) is 58.5. The SMILES string of the molecule is CC(=O)Nc1ccccc1O[C@@H]1O[C@H](COC(C)=O)[C@@H](OC(C)=O)[C@H](OC(C)=O)[C@H]1OC(C)=O. The first-order valence-corrected chi connectivity index (χ1v) is 10.3. The van der Waals surface area contributed by atoms with Gasteiger partial charge in [-0.3, -0.25) is 24.0 Å². The number of para-hydroxylation sites is 2. The Bertz CT molecular complexity index is 931. The summed E-state index contributed by atoms with van der Waals surface area (Å²) in [5.74, 6) is -3.10. The third kappa shape index (κ3) is 7.73. The molecule has 1 amide bonds. The molecule has 34 heavy (non-hydrogen) atoms. The molecule has 1 aromatic carbocycles. The van der Waals surface area contributed by atoms with Gasteiger partial charge in [0.1, 0.15) is 18.5 Å². The number of esters is 4. The molecule has 5 atom stereocenters. The molecule has 1 aliphatic rings. The van der Waals surface area contributed by atoms with Gasteiger partial charge < -0.3 is 33.7 Å². The highest BCUT2D eigenvalue weighted by atomic mass is 16.7. The first kappa shape index (κ1) is 26.6. The molecule has 0 bridgehead atoms. The Morgan fingerprint density at radius 3 is 1.91 bits per heavy atom. The number of benzene rings is 1. The minimum Gasteiger partial charge on any atom is -0.463 e. The Kier molecular flexibility index (Phi) is 9.36. The topological polar surface area (TPSA) is 153 Å². The van der Waals surface area contributed by atoms with Crippen LogP contribution in [0.25, 0.3) is 0 Å². The van der Waals surface area contributed by atoms with Crippen LogP contribution < -0.4 is 10.1 Å². The van der Waals surface area contributed by atoms with Gasteiger partial charge in [-0.05, 0) is 12.1 Å². The molecule has 0 aliphatic carbocycles. The van der Waals surface area contributed by atoms with E-state index in [9.17, 15) is 24.0 Å². The summed E-state index contributed by atoms with van der Waals surface area (Å²) in [6.07, 6.45) is -6.60. The van der Waals surface area contributed by atoms with Crippen molar-refractivity contribution in [2.24, 2.45) is 0 Å². The zero-order valence-corrected chi connectivity index (χ0v) is 19.4. The van der Waals surface area contributed by atoms with Crippen molar-refractivity contribution in [3.05, 3.63) is 24.3 Å². The number of hydrogen-bond acceptors (Lipinski definition) is 11. The molecule has 1 heterocycles. The van der Waals surface area contributed by atoms with Crippen LogP contribution in [0.3, 0.4) is 0 Å². The molecule has 0 aromatic heterocycles. The van der Waals surface area contributed by atoms with E-state index in [4.69, 9.17) is 28.4 Å². The van der Waals surface area contributed by atoms with E-state index in [2.05, 4.69) is 5.32 Å². The van der Waals surface area contributed by atoms with Crippen LogP contribution in [0.2, 0.25) is 0 Å². The number of amides is 1. The molecule has 186 valence electrons. The molecular weight excluding hydrogens is 454 g/mol. The zero-order chi connectivity index (χ0) is 25.4. The normalized spacial score (nSPS) is 23.7. The number of rotatable bonds is 8. The van der Waals surface area contributed by atoms with Gasteiger partial charge in [-0.25, -0.2) is 0 Å². The van der Waals surface area contributed by atoms with Crippen LogP contribution in [0.4, 0.5) is 5.69 Å². The molecule has 1 N–H and O–H groups in total. The lowest BCUT2D eigenvalue weighted by molar-refractivity contribution is -0.288. The molecule has 1 fully saturated rings. The Morgan fingerprint density at radius 2 is 1.35 bits per heavy atom. The second-order valence-corrected chi connectivity index (χ2v) is 7.36. The van der Waals surface area contributed by atoms with Crippen LogP contribution in [0.1, 0.15) is 34.6 Å². The Morgan fingerprint density at radius 1 is 0.794 bits per heavy atom. The molecule has 1 aliphatic heterocycles. The maximum absolute atomic E-state index is 11.9. The molecular formula is C22H27NO11. The van der Waals surface area contributed by atoms with Gasteiger partial charge in [-0.15, -0.1) is 0 Å². The standard InChI is InChI=1S/C22H27NO11/c1-11(24)23-16-8-6-7-9-17(16)33-22-21(32-15(5)28)20(31-14(4)27)19(30-13(3)26)18(34-22)10-29-12(2)25/h6-9,18-22H,10H2,1-5H3,(H,23,24)/t18-,19-,20+,21-,22-/m1/s1. The van der Waals surface area contributed by atoms with Crippen molar-refractivity contribution in [2.75, 3.05) is 11.9 Å². The molecule has 2 rings (SSSR count). The van der Waals surface area contributed by atoms with E-state index >= 15 is 0 Å². The highest BCUT2D eigenvalue weighted by Crippen LogP contribution is 2.33. The van der Waals surface area contributed by atoms with E-state index in [1.807, 2.05) is 0 Å². The Labute approximate surface area is 195 Å². The molecule has 0 saturated carbocycles. The number of anilines is 1. The first-order valence-electron chi connectivity index (χ1n) is 10.3. The molecule has 0 unspecified atom stereocenters. The van der Waals surface area contributed by atoms with Gasteiger partial charge in [0.2, 0.25) is 18.3 Å². The van der Waals surface area contributed by atoms with Crippen molar-refractivity contribution in [3.8, 4) is 5.75 Å². The average molecular weight is 481 g/mol. The molecule has 1 aromatic rings. The van der Waals surface area contributed by atoms with Crippen LogP contribution in [-0.2, 0) is 47.7 Å². The smallest absolute Gasteiger partial charge is 0.303 e. The van der Waals surface area contributed by atoms with Gasteiger partial charge in [0, 0.05) is 34.6 Å². The van der Waals surface area contributed by atoms with Gasteiger partial charge in [0.15, 0.2) is 12.2 Å². The molecule has 12 nitrogen and oxygen atoms in total. The van der Waals surface area contributed by atoms with Crippen LogP contribution >= 0.6 is 0 Å². The van der Waals surface area contributed by atoms with Crippen molar-refractivity contribution in [1.29, 1.82) is 0 Å². The maximum atomic E-state index is 11.9. The van der Waals surface area contributed by atoms with Crippen LogP contribution in [0.15, 0.2) is 24.3 Å². The highest BCUT2D eigenvalue weighted by molar-refractivity contribution is 5.90. The number of hydrogen-bond donors (Lipinski definition) is 1. The fourth-order valence-electron chi connectivity index (χ4n) is 3.27. The number of carbonyl (C=O) groups is 5. The minimum absolute atomic E-state index is 0.151. The van der Waals surface area contributed by atoms with E-state index in [-0.39, 0.29) is 18.3 Å². The maximum Gasteiger partial charge on any atom is 0.303 e. The van der Waals surface area contributed by atoms with E-state index < -0.39 is 54.6 Å². The van der Waals surface area contributed by atoms with Crippen LogP contribution in [0.5, 0.6) is 5.75 Å². The Balaban J connectivity index is 2.50. The monoisotopic (exact) mass is 481 g/mol. The minimum atomic E-state index is -1.41. The third-order valence-electron chi connectivity index (χ3n) is 4.39. The van der Waals surface area contributed by atoms with E-state index in [1.165, 1.54) is 19.9 Å². The van der Waals surface area contributed by atoms with Crippen molar-refractivity contribution in [1.82, 2.24) is 0 Å². The van der Waals surface area contributed by atoms with Gasteiger partial charge in [-0.2, -0.15) is 0 Å².